The lowest BCUT2D eigenvalue weighted by Crippen LogP contribution is -2.39. The number of benzene rings is 2. The summed E-state index contributed by atoms with van der Waals surface area (Å²) in [7, 11) is 0. The zero-order valence-corrected chi connectivity index (χ0v) is 16.5. The largest absolute Gasteiger partial charge is 0.489 e. The molecule has 1 unspecified atom stereocenters. The standard InChI is InChI=1S/C21H22ClF2NO4/c22-20(26)9-10-25-11-12-27-19(13-25)15-5-7-17(8-6-15)28-14-16-3-1-2-4-18(16)29-21(23)24/h1-8,19,21H,9-14H2. The van der Waals surface area contributed by atoms with Gasteiger partial charge in [0.05, 0.1) is 12.7 Å². The van der Waals surface area contributed by atoms with Crippen LogP contribution in [0.3, 0.4) is 0 Å². The summed E-state index contributed by atoms with van der Waals surface area (Å²) in [6, 6.07) is 14.0. The van der Waals surface area contributed by atoms with Gasteiger partial charge in [-0.1, -0.05) is 30.3 Å². The lowest BCUT2D eigenvalue weighted by molar-refractivity contribution is -0.112. The molecular weight excluding hydrogens is 404 g/mol. The molecule has 5 nitrogen and oxygen atoms in total. The van der Waals surface area contributed by atoms with E-state index in [0.717, 1.165) is 12.1 Å². The Balaban J connectivity index is 1.56. The molecule has 8 heteroatoms. The van der Waals surface area contributed by atoms with Crippen LogP contribution in [0.25, 0.3) is 0 Å². The number of ether oxygens (including phenoxy) is 3. The van der Waals surface area contributed by atoms with Crippen LogP contribution < -0.4 is 9.47 Å². The number of halogens is 3. The summed E-state index contributed by atoms with van der Waals surface area (Å²) in [5.74, 6) is 0.714. The molecule has 1 atom stereocenters. The number of hydrogen-bond acceptors (Lipinski definition) is 5. The molecule has 0 saturated carbocycles. The van der Waals surface area contributed by atoms with Crippen molar-refractivity contribution >= 4 is 16.8 Å². The van der Waals surface area contributed by atoms with Gasteiger partial charge in [0.15, 0.2) is 0 Å². The van der Waals surface area contributed by atoms with Crippen molar-refractivity contribution in [3.05, 3.63) is 59.7 Å². The second kappa shape index (κ2) is 10.5. The molecule has 0 amide bonds. The topological polar surface area (TPSA) is 48.0 Å². The average molecular weight is 426 g/mol. The zero-order chi connectivity index (χ0) is 20.6. The Morgan fingerprint density at radius 1 is 1.21 bits per heavy atom. The minimum absolute atomic E-state index is 0.0941. The molecule has 156 valence electrons. The normalized spacial score (nSPS) is 17.3. The number of carbonyl (C=O) groups is 1. The first-order valence-electron chi connectivity index (χ1n) is 9.29. The quantitative estimate of drug-likeness (QED) is 0.557. The van der Waals surface area contributed by atoms with Crippen LogP contribution >= 0.6 is 11.6 Å². The maximum Gasteiger partial charge on any atom is 0.387 e. The smallest absolute Gasteiger partial charge is 0.387 e. The van der Waals surface area contributed by atoms with Gasteiger partial charge in [0.1, 0.15) is 18.1 Å². The minimum Gasteiger partial charge on any atom is -0.489 e. The van der Waals surface area contributed by atoms with Crippen LogP contribution in [-0.2, 0) is 16.1 Å². The molecule has 29 heavy (non-hydrogen) atoms. The van der Waals surface area contributed by atoms with Crippen molar-refractivity contribution < 1.29 is 27.8 Å². The average Bonchev–Trinajstić information content (AvgIpc) is 2.72. The van der Waals surface area contributed by atoms with Crippen molar-refractivity contribution in [3.63, 3.8) is 0 Å². The highest BCUT2D eigenvalue weighted by Gasteiger charge is 2.22. The van der Waals surface area contributed by atoms with Crippen LogP contribution in [0.5, 0.6) is 11.5 Å². The van der Waals surface area contributed by atoms with Gasteiger partial charge in [-0.3, -0.25) is 9.69 Å². The van der Waals surface area contributed by atoms with Crippen molar-refractivity contribution in [2.24, 2.45) is 0 Å². The third-order valence-corrected chi connectivity index (χ3v) is 4.80. The predicted molar refractivity (Wildman–Crippen MR) is 104 cm³/mol. The third-order valence-electron chi connectivity index (χ3n) is 4.61. The van der Waals surface area contributed by atoms with E-state index in [1.807, 2.05) is 24.3 Å². The number of nitrogens with zero attached hydrogens (tertiary/aromatic N) is 1. The summed E-state index contributed by atoms with van der Waals surface area (Å²) < 4.78 is 41.1. The highest BCUT2D eigenvalue weighted by molar-refractivity contribution is 6.63. The van der Waals surface area contributed by atoms with Crippen LogP contribution in [0.4, 0.5) is 8.78 Å². The Morgan fingerprint density at radius 3 is 2.69 bits per heavy atom. The number of rotatable bonds is 9. The number of para-hydroxylation sites is 1. The number of carbonyl (C=O) groups excluding carboxylic acids is 1. The molecule has 1 saturated heterocycles. The summed E-state index contributed by atoms with van der Waals surface area (Å²) in [5, 5.41) is -0.338. The number of hydrogen-bond donors (Lipinski definition) is 0. The van der Waals surface area contributed by atoms with Crippen molar-refractivity contribution in [1.82, 2.24) is 4.90 Å². The van der Waals surface area contributed by atoms with Gasteiger partial charge < -0.3 is 14.2 Å². The van der Waals surface area contributed by atoms with Gasteiger partial charge >= 0.3 is 6.61 Å². The van der Waals surface area contributed by atoms with Crippen LogP contribution in [0.2, 0.25) is 0 Å². The molecule has 0 aliphatic carbocycles. The van der Waals surface area contributed by atoms with E-state index in [4.69, 9.17) is 21.1 Å². The highest BCUT2D eigenvalue weighted by atomic mass is 35.5. The maximum atomic E-state index is 12.5. The molecule has 0 radical (unpaired) electrons. The fourth-order valence-electron chi connectivity index (χ4n) is 3.13. The summed E-state index contributed by atoms with van der Waals surface area (Å²) >= 11 is 5.42. The van der Waals surface area contributed by atoms with E-state index in [2.05, 4.69) is 9.64 Å². The predicted octanol–water partition coefficient (Wildman–Crippen LogP) is 4.40. The molecule has 0 spiro atoms. The van der Waals surface area contributed by atoms with Crippen molar-refractivity contribution in [2.45, 2.75) is 25.7 Å². The van der Waals surface area contributed by atoms with Gasteiger partial charge in [0, 0.05) is 31.6 Å². The molecule has 0 aromatic heterocycles. The van der Waals surface area contributed by atoms with Gasteiger partial charge in [0.25, 0.3) is 0 Å². The lowest BCUT2D eigenvalue weighted by atomic mass is 10.1. The Kier molecular flexibility index (Phi) is 7.80. The molecule has 1 aliphatic rings. The number of alkyl halides is 2. The molecule has 1 heterocycles. The first-order valence-corrected chi connectivity index (χ1v) is 9.67. The minimum atomic E-state index is -2.88. The second-order valence-electron chi connectivity index (χ2n) is 6.61. The van der Waals surface area contributed by atoms with E-state index < -0.39 is 6.61 Å². The lowest BCUT2D eigenvalue weighted by Gasteiger charge is -2.32. The van der Waals surface area contributed by atoms with Crippen molar-refractivity contribution in [2.75, 3.05) is 26.2 Å². The van der Waals surface area contributed by atoms with Gasteiger partial charge in [0.2, 0.25) is 5.24 Å². The molecule has 1 aliphatic heterocycles. The molecule has 0 bridgehead atoms. The third kappa shape index (κ3) is 6.66. The van der Waals surface area contributed by atoms with Crippen LogP contribution in [-0.4, -0.2) is 43.0 Å². The van der Waals surface area contributed by atoms with Crippen LogP contribution in [0.1, 0.15) is 23.7 Å². The molecule has 3 rings (SSSR count). The molecule has 2 aromatic carbocycles. The monoisotopic (exact) mass is 425 g/mol. The second-order valence-corrected chi connectivity index (χ2v) is 7.03. The van der Waals surface area contributed by atoms with Crippen LogP contribution in [0.15, 0.2) is 48.5 Å². The molecular formula is C21H22ClF2NO4. The van der Waals surface area contributed by atoms with E-state index in [9.17, 15) is 13.6 Å². The maximum absolute atomic E-state index is 12.5. The first-order chi connectivity index (χ1) is 14.0. The van der Waals surface area contributed by atoms with Gasteiger partial charge in [-0.05, 0) is 35.4 Å². The summed E-state index contributed by atoms with van der Waals surface area (Å²) in [4.78, 5) is 13.1. The Hall–Kier alpha value is -2.22. The Labute approximate surface area is 173 Å². The van der Waals surface area contributed by atoms with E-state index in [-0.39, 0.29) is 23.7 Å². The molecule has 2 aromatic rings. The van der Waals surface area contributed by atoms with E-state index >= 15 is 0 Å². The SMILES string of the molecule is O=C(Cl)CCN1CCOC(c2ccc(OCc3ccccc3OC(F)F)cc2)C1. The van der Waals surface area contributed by atoms with Gasteiger partial charge in [-0.2, -0.15) is 8.78 Å². The van der Waals surface area contributed by atoms with Crippen molar-refractivity contribution in [1.29, 1.82) is 0 Å². The fraction of sp³-hybridized carbons (Fsp3) is 0.381. The fourth-order valence-corrected chi connectivity index (χ4v) is 3.21. The summed E-state index contributed by atoms with van der Waals surface area (Å²) in [6.07, 6.45) is 0.223. The molecule has 1 fully saturated rings. The summed E-state index contributed by atoms with van der Waals surface area (Å²) in [6.45, 7) is -0.121. The van der Waals surface area contributed by atoms with E-state index in [0.29, 0.717) is 37.4 Å². The van der Waals surface area contributed by atoms with E-state index in [1.165, 1.54) is 6.07 Å². The molecule has 0 N–H and O–H groups in total. The van der Waals surface area contributed by atoms with Crippen molar-refractivity contribution in [3.8, 4) is 11.5 Å². The highest BCUT2D eigenvalue weighted by Crippen LogP contribution is 2.26. The Morgan fingerprint density at radius 2 is 1.97 bits per heavy atom. The summed E-state index contributed by atoms with van der Waals surface area (Å²) in [5.41, 5.74) is 1.54. The zero-order valence-electron chi connectivity index (χ0n) is 15.7. The number of morpholine rings is 1. The van der Waals surface area contributed by atoms with Crippen LogP contribution in [0, 0.1) is 0 Å². The first kappa shape index (κ1) is 21.5. The van der Waals surface area contributed by atoms with Gasteiger partial charge in [-0.25, -0.2) is 0 Å². The Bertz CT molecular complexity index is 804. The van der Waals surface area contributed by atoms with E-state index in [1.54, 1.807) is 18.2 Å². The van der Waals surface area contributed by atoms with Gasteiger partial charge in [-0.15, -0.1) is 0 Å².